The zero-order chi connectivity index (χ0) is 18.0. The Morgan fingerprint density at radius 3 is 2.60 bits per heavy atom. The van der Waals surface area contributed by atoms with Crippen LogP contribution in [0.4, 0.5) is 5.69 Å². The van der Waals surface area contributed by atoms with Crippen molar-refractivity contribution >= 4 is 35.2 Å². The van der Waals surface area contributed by atoms with Gasteiger partial charge >= 0.3 is 0 Å². The van der Waals surface area contributed by atoms with E-state index >= 15 is 0 Å². The van der Waals surface area contributed by atoms with Gasteiger partial charge in [-0.15, -0.1) is 11.8 Å². The number of anilines is 1. The minimum Gasteiger partial charge on any atom is -0.344 e. The lowest BCUT2D eigenvalue weighted by Crippen LogP contribution is -2.50. The minimum absolute atomic E-state index is 0.101. The van der Waals surface area contributed by atoms with Gasteiger partial charge in [-0.25, -0.2) is 0 Å². The number of nitrogens with one attached hydrogen (secondary N) is 2. The molecule has 0 aromatic heterocycles. The van der Waals surface area contributed by atoms with Crippen LogP contribution in [-0.4, -0.2) is 46.3 Å². The van der Waals surface area contributed by atoms with E-state index in [1.54, 1.807) is 16.7 Å². The molecule has 2 aliphatic rings. The minimum atomic E-state index is -0.500. The summed E-state index contributed by atoms with van der Waals surface area (Å²) in [6, 6.07) is 6.78. The summed E-state index contributed by atoms with van der Waals surface area (Å²) in [6.07, 6.45) is 0.875. The van der Waals surface area contributed by atoms with E-state index in [1.807, 2.05) is 24.3 Å². The van der Waals surface area contributed by atoms with Crippen LogP contribution in [0.3, 0.4) is 0 Å². The number of thioether (sulfide) groups is 1. The van der Waals surface area contributed by atoms with Gasteiger partial charge in [-0.3, -0.25) is 14.4 Å². The number of nitrogens with zero attached hydrogens (tertiary/aromatic N) is 1. The van der Waals surface area contributed by atoms with Crippen LogP contribution in [0.5, 0.6) is 0 Å². The van der Waals surface area contributed by atoms with Gasteiger partial charge in [0.15, 0.2) is 0 Å². The third kappa shape index (κ3) is 3.98. The second-order valence-corrected chi connectivity index (χ2v) is 7.75. The Labute approximate surface area is 151 Å². The second kappa shape index (κ2) is 7.47. The maximum Gasteiger partial charge on any atom is 0.248 e. The fraction of sp³-hybridized carbons (Fsp3) is 0.500. The summed E-state index contributed by atoms with van der Waals surface area (Å²) < 4.78 is 0. The van der Waals surface area contributed by atoms with Crippen LogP contribution < -0.4 is 10.6 Å². The number of benzene rings is 1. The van der Waals surface area contributed by atoms with E-state index in [1.165, 1.54) is 5.56 Å². The monoisotopic (exact) mass is 361 g/mol. The van der Waals surface area contributed by atoms with Crippen LogP contribution >= 0.6 is 11.8 Å². The standard InChI is InChI=1S/C18H23N3O3S/c1-11(2)12-3-5-13(6-4-12)19-17(23)15-9-25-10-21(15)18(24)14-7-8-16(22)20-14/h3-6,11,14-15H,7-10H2,1-2H3,(H,19,23)(H,20,22)/t14-,15-/m1/s1. The van der Waals surface area contributed by atoms with E-state index in [2.05, 4.69) is 24.5 Å². The van der Waals surface area contributed by atoms with Crippen LogP contribution in [0.1, 0.15) is 38.2 Å². The molecular weight excluding hydrogens is 338 g/mol. The van der Waals surface area contributed by atoms with Crippen molar-refractivity contribution in [3.05, 3.63) is 29.8 Å². The van der Waals surface area contributed by atoms with Crippen molar-refractivity contribution in [2.45, 2.75) is 44.7 Å². The van der Waals surface area contributed by atoms with Gasteiger partial charge in [0.2, 0.25) is 17.7 Å². The third-order valence-electron chi connectivity index (χ3n) is 4.61. The molecule has 0 unspecified atom stereocenters. The molecule has 2 saturated heterocycles. The molecule has 2 atom stereocenters. The van der Waals surface area contributed by atoms with Crippen molar-refractivity contribution in [1.82, 2.24) is 10.2 Å². The molecule has 2 fully saturated rings. The van der Waals surface area contributed by atoms with E-state index in [0.717, 1.165) is 5.69 Å². The fourth-order valence-electron chi connectivity index (χ4n) is 3.05. The zero-order valence-corrected chi connectivity index (χ0v) is 15.3. The Morgan fingerprint density at radius 1 is 1.28 bits per heavy atom. The molecule has 2 N–H and O–H groups in total. The van der Waals surface area contributed by atoms with E-state index in [4.69, 9.17) is 0 Å². The van der Waals surface area contributed by atoms with Gasteiger partial charge in [0.1, 0.15) is 12.1 Å². The smallest absolute Gasteiger partial charge is 0.248 e. The third-order valence-corrected chi connectivity index (χ3v) is 5.62. The van der Waals surface area contributed by atoms with Gasteiger partial charge in [-0.1, -0.05) is 26.0 Å². The number of carbonyl (C=O) groups excluding carboxylic acids is 3. The number of carbonyl (C=O) groups is 3. The summed E-state index contributed by atoms with van der Waals surface area (Å²) >= 11 is 1.56. The maximum absolute atomic E-state index is 12.6. The van der Waals surface area contributed by atoms with Crippen molar-refractivity contribution in [3.8, 4) is 0 Å². The van der Waals surface area contributed by atoms with E-state index in [-0.39, 0.29) is 17.7 Å². The lowest BCUT2D eigenvalue weighted by Gasteiger charge is -2.25. The van der Waals surface area contributed by atoms with Crippen LogP contribution in [0.2, 0.25) is 0 Å². The van der Waals surface area contributed by atoms with Crippen molar-refractivity contribution in [3.63, 3.8) is 0 Å². The molecule has 0 bridgehead atoms. The van der Waals surface area contributed by atoms with Gasteiger partial charge < -0.3 is 15.5 Å². The Hall–Kier alpha value is -2.02. The molecule has 134 valence electrons. The largest absolute Gasteiger partial charge is 0.344 e. The Morgan fingerprint density at radius 2 is 2.00 bits per heavy atom. The fourth-order valence-corrected chi connectivity index (χ4v) is 4.22. The lowest BCUT2D eigenvalue weighted by atomic mass is 10.0. The predicted molar refractivity (Wildman–Crippen MR) is 98.3 cm³/mol. The van der Waals surface area contributed by atoms with E-state index in [0.29, 0.717) is 30.4 Å². The number of hydrogen-bond acceptors (Lipinski definition) is 4. The molecule has 0 radical (unpaired) electrons. The van der Waals surface area contributed by atoms with Crippen molar-refractivity contribution in [2.24, 2.45) is 0 Å². The molecule has 0 spiro atoms. The zero-order valence-electron chi connectivity index (χ0n) is 14.5. The molecule has 1 aromatic rings. The van der Waals surface area contributed by atoms with Gasteiger partial charge in [0.25, 0.3) is 0 Å². The average molecular weight is 361 g/mol. The van der Waals surface area contributed by atoms with Crippen LogP contribution in [0.25, 0.3) is 0 Å². The van der Waals surface area contributed by atoms with Gasteiger partial charge in [-0.2, -0.15) is 0 Å². The highest BCUT2D eigenvalue weighted by Gasteiger charge is 2.39. The number of amides is 3. The summed E-state index contributed by atoms with van der Waals surface area (Å²) in [5, 5.41) is 5.59. The highest BCUT2D eigenvalue weighted by atomic mass is 32.2. The van der Waals surface area contributed by atoms with Crippen LogP contribution in [-0.2, 0) is 14.4 Å². The number of hydrogen-bond donors (Lipinski definition) is 2. The van der Waals surface area contributed by atoms with Gasteiger partial charge in [-0.05, 0) is 30.0 Å². The van der Waals surface area contributed by atoms with E-state index in [9.17, 15) is 14.4 Å². The van der Waals surface area contributed by atoms with Crippen LogP contribution in [0, 0.1) is 0 Å². The van der Waals surface area contributed by atoms with E-state index < -0.39 is 12.1 Å². The summed E-state index contributed by atoms with van der Waals surface area (Å²) in [4.78, 5) is 38.1. The highest BCUT2D eigenvalue weighted by molar-refractivity contribution is 7.99. The molecule has 3 rings (SSSR count). The second-order valence-electron chi connectivity index (χ2n) is 6.75. The average Bonchev–Trinajstić information content (AvgIpc) is 3.23. The molecule has 6 nitrogen and oxygen atoms in total. The SMILES string of the molecule is CC(C)c1ccc(NC(=O)[C@H]2CSCN2C(=O)[C@H]2CCC(=O)N2)cc1. The Bertz CT molecular complexity index is 675. The first-order valence-electron chi connectivity index (χ1n) is 8.54. The topological polar surface area (TPSA) is 78.5 Å². The number of rotatable bonds is 4. The summed E-state index contributed by atoms with van der Waals surface area (Å²) in [6.45, 7) is 4.24. The van der Waals surface area contributed by atoms with Crippen molar-refractivity contribution in [2.75, 3.05) is 16.9 Å². The molecular formula is C18H23N3O3S. The Kier molecular flexibility index (Phi) is 5.32. The highest BCUT2D eigenvalue weighted by Crippen LogP contribution is 2.25. The normalized spacial score (nSPS) is 23.0. The first kappa shape index (κ1) is 17.8. The molecule has 3 amide bonds. The van der Waals surface area contributed by atoms with Gasteiger partial charge in [0.05, 0.1) is 5.88 Å². The summed E-state index contributed by atoms with van der Waals surface area (Å²) in [7, 11) is 0. The summed E-state index contributed by atoms with van der Waals surface area (Å²) in [5.74, 6) is 1.05. The molecule has 0 aliphatic carbocycles. The van der Waals surface area contributed by atoms with Crippen molar-refractivity contribution in [1.29, 1.82) is 0 Å². The first-order chi connectivity index (χ1) is 12.0. The molecule has 25 heavy (non-hydrogen) atoms. The van der Waals surface area contributed by atoms with Crippen molar-refractivity contribution < 1.29 is 14.4 Å². The molecule has 2 aliphatic heterocycles. The maximum atomic E-state index is 12.6. The predicted octanol–water partition coefficient (Wildman–Crippen LogP) is 1.93. The molecule has 7 heteroatoms. The summed E-state index contributed by atoms with van der Waals surface area (Å²) in [5.41, 5.74) is 1.94. The van der Waals surface area contributed by atoms with Crippen LogP contribution in [0.15, 0.2) is 24.3 Å². The molecule has 0 saturated carbocycles. The Balaban J connectivity index is 1.64. The van der Waals surface area contributed by atoms with Gasteiger partial charge in [0, 0.05) is 17.9 Å². The lowest BCUT2D eigenvalue weighted by molar-refractivity contribution is -0.138. The first-order valence-corrected chi connectivity index (χ1v) is 9.69. The molecule has 1 aromatic carbocycles. The quantitative estimate of drug-likeness (QED) is 0.859. The molecule has 2 heterocycles.